The zero-order valence-corrected chi connectivity index (χ0v) is 12.4. The minimum absolute atomic E-state index is 0.0410. The minimum atomic E-state index is -0.643. The molecule has 0 radical (unpaired) electrons. The molecule has 4 heteroatoms. The number of ether oxygens (including phenoxy) is 2. The van der Waals surface area contributed by atoms with Crippen molar-refractivity contribution in [2.45, 2.75) is 39.3 Å². The third kappa shape index (κ3) is 4.11. The first-order valence-corrected chi connectivity index (χ1v) is 6.45. The maximum absolute atomic E-state index is 10.3. The molecule has 0 aliphatic carbocycles. The Morgan fingerprint density at radius 3 is 2.32 bits per heavy atom. The summed E-state index contributed by atoms with van der Waals surface area (Å²) < 4.78 is 10.4. The molecular formula is C15H25NO3. The summed E-state index contributed by atoms with van der Waals surface area (Å²) in [4.78, 5) is 0. The SMILES string of the molecule is COc1ccc([C@@H](O)C[C@H](N)C(C)(C)C)c(OC)c1. The monoisotopic (exact) mass is 267 g/mol. The van der Waals surface area contributed by atoms with E-state index in [0.29, 0.717) is 17.9 Å². The second-order valence-electron chi connectivity index (χ2n) is 5.83. The van der Waals surface area contributed by atoms with Crippen LogP contribution >= 0.6 is 0 Å². The van der Waals surface area contributed by atoms with Crippen molar-refractivity contribution in [2.24, 2.45) is 11.1 Å². The number of hydrogen-bond donors (Lipinski definition) is 2. The molecule has 0 amide bonds. The summed E-state index contributed by atoms with van der Waals surface area (Å²) in [5.74, 6) is 1.32. The van der Waals surface area contributed by atoms with Crippen molar-refractivity contribution in [2.75, 3.05) is 14.2 Å². The standard InChI is InChI=1S/C15H25NO3/c1-15(2,3)14(16)9-12(17)11-7-6-10(18-4)8-13(11)19-5/h6-8,12,14,17H,9,16H2,1-5H3/t12-,14-/m0/s1. The van der Waals surface area contributed by atoms with Gasteiger partial charge < -0.3 is 20.3 Å². The zero-order chi connectivity index (χ0) is 14.6. The molecule has 3 N–H and O–H groups in total. The fourth-order valence-corrected chi connectivity index (χ4v) is 1.81. The van der Waals surface area contributed by atoms with Crippen molar-refractivity contribution in [1.29, 1.82) is 0 Å². The number of methoxy groups -OCH3 is 2. The van der Waals surface area contributed by atoms with Gasteiger partial charge in [-0.15, -0.1) is 0 Å². The molecule has 0 fully saturated rings. The van der Waals surface area contributed by atoms with E-state index in [1.165, 1.54) is 0 Å². The molecule has 0 unspecified atom stereocenters. The second-order valence-corrected chi connectivity index (χ2v) is 5.83. The van der Waals surface area contributed by atoms with Gasteiger partial charge in [0.05, 0.1) is 20.3 Å². The van der Waals surface area contributed by atoms with Gasteiger partial charge in [-0.05, 0) is 24.0 Å². The van der Waals surface area contributed by atoms with Crippen LogP contribution in [0.4, 0.5) is 0 Å². The van der Waals surface area contributed by atoms with Gasteiger partial charge in [0.15, 0.2) is 0 Å². The van der Waals surface area contributed by atoms with E-state index in [0.717, 1.165) is 5.56 Å². The highest BCUT2D eigenvalue weighted by atomic mass is 16.5. The van der Waals surface area contributed by atoms with Crippen molar-refractivity contribution in [1.82, 2.24) is 0 Å². The van der Waals surface area contributed by atoms with E-state index in [1.54, 1.807) is 20.3 Å². The van der Waals surface area contributed by atoms with Gasteiger partial charge >= 0.3 is 0 Å². The first-order valence-electron chi connectivity index (χ1n) is 6.45. The van der Waals surface area contributed by atoms with Gasteiger partial charge in [0.2, 0.25) is 0 Å². The van der Waals surface area contributed by atoms with Gasteiger partial charge in [-0.3, -0.25) is 0 Å². The second kappa shape index (κ2) is 6.26. The van der Waals surface area contributed by atoms with Crippen LogP contribution in [0.25, 0.3) is 0 Å². The highest BCUT2D eigenvalue weighted by molar-refractivity contribution is 5.42. The van der Waals surface area contributed by atoms with Gasteiger partial charge in [0.25, 0.3) is 0 Å². The number of benzene rings is 1. The van der Waals surface area contributed by atoms with Crippen molar-refractivity contribution in [3.8, 4) is 11.5 Å². The molecule has 0 saturated heterocycles. The van der Waals surface area contributed by atoms with E-state index in [-0.39, 0.29) is 11.5 Å². The summed E-state index contributed by atoms with van der Waals surface area (Å²) in [5, 5.41) is 10.3. The van der Waals surface area contributed by atoms with Gasteiger partial charge in [-0.2, -0.15) is 0 Å². The maximum atomic E-state index is 10.3. The van der Waals surface area contributed by atoms with E-state index in [2.05, 4.69) is 20.8 Å². The maximum Gasteiger partial charge on any atom is 0.128 e. The molecule has 0 heterocycles. The predicted molar refractivity (Wildman–Crippen MR) is 76.6 cm³/mol. The van der Waals surface area contributed by atoms with E-state index < -0.39 is 6.10 Å². The number of nitrogens with two attached hydrogens (primary N) is 1. The van der Waals surface area contributed by atoms with Crippen LogP contribution in [0.2, 0.25) is 0 Å². The number of hydrogen-bond acceptors (Lipinski definition) is 4. The lowest BCUT2D eigenvalue weighted by molar-refractivity contribution is 0.130. The Balaban J connectivity index is 2.90. The summed E-state index contributed by atoms with van der Waals surface area (Å²) in [6.45, 7) is 6.20. The normalized spacial score (nSPS) is 14.9. The topological polar surface area (TPSA) is 64.7 Å². The van der Waals surface area contributed by atoms with Crippen molar-refractivity contribution < 1.29 is 14.6 Å². The Hall–Kier alpha value is -1.26. The molecule has 1 aromatic carbocycles. The van der Waals surface area contributed by atoms with Crippen molar-refractivity contribution >= 4 is 0 Å². The molecule has 0 spiro atoms. The van der Waals surface area contributed by atoms with Crippen LogP contribution in [0.3, 0.4) is 0 Å². The highest BCUT2D eigenvalue weighted by Crippen LogP contribution is 2.33. The van der Waals surface area contributed by atoms with Crippen LogP contribution < -0.4 is 15.2 Å². The molecule has 19 heavy (non-hydrogen) atoms. The molecule has 108 valence electrons. The Labute approximate surface area is 115 Å². The fourth-order valence-electron chi connectivity index (χ4n) is 1.81. The molecule has 1 aromatic rings. The van der Waals surface area contributed by atoms with E-state index >= 15 is 0 Å². The van der Waals surface area contributed by atoms with Crippen molar-refractivity contribution in [3.63, 3.8) is 0 Å². The largest absolute Gasteiger partial charge is 0.497 e. The first-order chi connectivity index (χ1) is 8.79. The first kappa shape index (κ1) is 15.8. The fraction of sp³-hybridized carbons (Fsp3) is 0.600. The number of rotatable bonds is 5. The molecule has 0 aliphatic heterocycles. The smallest absolute Gasteiger partial charge is 0.128 e. The molecule has 0 aliphatic rings. The summed E-state index contributed by atoms with van der Waals surface area (Å²) >= 11 is 0. The zero-order valence-electron chi connectivity index (χ0n) is 12.4. The van der Waals surface area contributed by atoms with Crippen LogP contribution in [0.5, 0.6) is 11.5 Å². The van der Waals surface area contributed by atoms with Crippen molar-refractivity contribution in [3.05, 3.63) is 23.8 Å². The lowest BCUT2D eigenvalue weighted by Crippen LogP contribution is -2.36. The Morgan fingerprint density at radius 2 is 1.84 bits per heavy atom. The summed E-state index contributed by atoms with van der Waals surface area (Å²) in [6, 6.07) is 5.30. The summed E-state index contributed by atoms with van der Waals surface area (Å²) in [5.41, 5.74) is 6.81. The van der Waals surface area contributed by atoms with Crippen LogP contribution in [0.1, 0.15) is 38.9 Å². The summed E-state index contributed by atoms with van der Waals surface area (Å²) in [6.07, 6.45) is -0.151. The van der Waals surface area contributed by atoms with Gasteiger partial charge in [-0.25, -0.2) is 0 Å². The number of aliphatic hydroxyl groups excluding tert-OH is 1. The average Bonchev–Trinajstić information content (AvgIpc) is 2.36. The molecule has 4 nitrogen and oxygen atoms in total. The van der Waals surface area contributed by atoms with Gasteiger partial charge in [0.1, 0.15) is 11.5 Å². The Kier molecular flexibility index (Phi) is 5.20. The van der Waals surface area contributed by atoms with E-state index in [4.69, 9.17) is 15.2 Å². The van der Waals surface area contributed by atoms with E-state index in [1.807, 2.05) is 12.1 Å². The Bertz CT molecular complexity index is 412. The highest BCUT2D eigenvalue weighted by Gasteiger charge is 2.25. The minimum Gasteiger partial charge on any atom is -0.497 e. The lowest BCUT2D eigenvalue weighted by Gasteiger charge is -2.29. The van der Waals surface area contributed by atoms with Crippen LogP contribution in [0.15, 0.2) is 18.2 Å². The molecule has 0 bridgehead atoms. The predicted octanol–water partition coefficient (Wildman–Crippen LogP) is 2.50. The number of aliphatic hydroxyl groups is 1. The van der Waals surface area contributed by atoms with Gasteiger partial charge in [0, 0.05) is 17.7 Å². The van der Waals surface area contributed by atoms with Crippen LogP contribution in [-0.4, -0.2) is 25.4 Å². The summed E-state index contributed by atoms with van der Waals surface area (Å²) in [7, 11) is 3.18. The lowest BCUT2D eigenvalue weighted by atomic mass is 9.83. The average molecular weight is 267 g/mol. The molecule has 2 atom stereocenters. The molecule has 0 saturated carbocycles. The Morgan fingerprint density at radius 1 is 1.21 bits per heavy atom. The third-order valence-corrected chi connectivity index (χ3v) is 3.39. The quantitative estimate of drug-likeness (QED) is 0.860. The van der Waals surface area contributed by atoms with Crippen LogP contribution in [0, 0.1) is 5.41 Å². The molecule has 0 aromatic heterocycles. The molecule has 1 rings (SSSR count). The van der Waals surface area contributed by atoms with Gasteiger partial charge in [-0.1, -0.05) is 20.8 Å². The van der Waals surface area contributed by atoms with Crippen LogP contribution in [-0.2, 0) is 0 Å². The van der Waals surface area contributed by atoms with E-state index in [9.17, 15) is 5.11 Å². The third-order valence-electron chi connectivity index (χ3n) is 3.39. The molecular weight excluding hydrogens is 242 g/mol.